The zero-order chi connectivity index (χ0) is 14.5. The number of nitrogens with one attached hydrogen (secondary N) is 1. The lowest BCUT2D eigenvalue weighted by Crippen LogP contribution is -2.27. The summed E-state index contributed by atoms with van der Waals surface area (Å²) in [6, 6.07) is 12.1. The predicted octanol–water partition coefficient (Wildman–Crippen LogP) is 3.10. The fourth-order valence-corrected chi connectivity index (χ4v) is 1.89. The summed E-state index contributed by atoms with van der Waals surface area (Å²) in [5.41, 5.74) is 1.78. The molecule has 1 amide bonds. The van der Waals surface area contributed by atoms with Crippen LogP contribution in [0.4, 0.5) is 0 Å². The topological polar surface area (TPSA) is 65.8 Å². The Kier molecular flexibility index (Phi) is 4.34. The Labute approximate surface area is 122 Å². The van der Waals surface area contributed by atoms with Crippen molar-refractivity contribution in [2.45, 2.75) is 13.0 Å². The number of hydrogen-bond donors (Lipinski definition) is 1. The molecule has 5 heteroatoms. The molecule has 0 radical (unpaired) electrons. The molecule has 0 aliphatic heterocycles. The highest BCUT2D eigenvalue weighted by Crippen LogP contribution is 2.14. The first-order valence-corrected chi connectivity index (χ1v) is 6.40. The van der Waals surface area contributed by atoms with E-state index in [2.05, 4.69) is 16.4 Å². The summed E-state index contributed by atoms with van der Waals surface area (Å²) in [7, 11) is 0. The molecule has 1 heterocycles. The molecule has 0 fully saturated rings. The lowest BCUT2D eigenvalue weighted by Gasteiger charge is -2.14. The van der Waals surface area contributed by atoms with E-state index in [-0.39, 0.29) is 17.6 Å². The maximum absolute atomic E-state index is 12.0. The van der Waals surface area contributed by atoms with E-state index >= 15 is 0 Å². The molecule has 0 saturated heterocycles. The summed E-state index contributed by atoms with van der Waals surface area (Å²) in [5, 5.41) is 12.0. The number of nitriles is 1. The molecule has 0 aliphatic carbocycles. The second-order valence-corrected chi connectivity index (χ2v) is 4.72. The highest BCUT2D eigenvalue weighted by atomic mass is 35.5. The van der Waals surface area contributed by atoms with Gasteiger partial charge in [0.15, 0.2) is 0 Å². The number of rotatable bonds is 3. The van der Waals surface area contributed by atoms with Gasteiger partial charge in [0.1, 0.15) is 5.69 Å². The molecular weight excluding hydrogens is 274 g/mol. The minimum atomic E-state index is -0.288. The summed E-state index contributed by atoms with van der Waals surface area (Å²) in [5.74, 6) is -0.288. The number of amides is 1. The van der Waals surface area contributed by atoms with Crippen molar-refractivity contribution in [2.75, 3.05) is 0 Å². The molecule has 0 spiro atoms. The number of carbonyl (C=O) groups is 1. The number of hydrogen-bond acceptors (Lipinski definition) is 3. The molecular formula is C15H12ClN3O. The molecule has 1 N–H and O–H groups in total. The van der Waals surface area contributed by atoms with E-state index in [1.807, 2.05) is 19.1 Å². The number of benzene rings is 1. The summed E-state index contributed by atoms with van der Waals surface area (Å²) in [4.78, 5) is 16.0. The molecule has 0 saturated carbocycles. The van der Waals surface area contributed by atoms with E-state index in [0.717, 1.165) is 5.56 Å². The van der Waals surface area contributed by atoms with Crippen LogP contribution < -0.4 is 5.32 Å². The molecule has 20 heavy (non-hydrogen) atoms. The average molecular weight is 286 g/mol. The number of carbonyl (C=O) groups excluding carboxylic acids is 1. The third-order valence-corrected chi connectivity index (χ3v) is 3.08. The minimum absolute atomic E-state index is 0.184. The molecule has 100 valence electrons. The van der Waals surface area contributed by atoms with E-state index < -0.39 is 0 Å². The number of nitrogens with zero attached hydrogens (tertiary/aromatic N) is 2. The van der Waals surface area contributed by atoms with Gasteiger partial charge >= 0.3 is 0 Å². The van der Waals surface area contributed by atoms with Crippen LogP contribution in [0.2, 0.25) is 5.02 Å². The fourth-order valence-electron chi connectivity index (χ4n) is 1.73. The van der Waals surface area contributed by atoms with Gasteiger partial charge in [-0.15, -0.1) is 0 Å². The Morgan fingerprint density at radius 2 is 2.05 bits per heavy atom. The van der Waals surface area contributed by atoms with Gasteiger partial charge in [-0.25, -0.2) is 0 Å². The van der Waals surface area contributed by atoms with Crippen molar-refractivity contribution < 1.29 is 4.79 Å². The first kappa shape index (κ1) is 14.0. The van der Waals surface area contributed by atoms with Gasteiger partial charge in [-0.3, -0.25) is 9.78 Å². The summed E-state index contributed by atoms with van der Waals surface area (Å²) in [6.45, 7) is 1.86. The van der Waals surface area contributed by atoms with E-state index in [1.165, 1.54) is 12.3 Å². The van der Waals surface area contributed by atoms with Gasteiger partial charge in [-0.05, 0) is 36.8 Å². The Morgan fingerprint density at radius 3 is 2.65 bits per heavy atom. The molecule has 1 aromatic carbocycles. The van der Waals surface area contributed by atoms with Gasteiger partial charge in [-0.1, -0.05) is 23.7 Å². The normalized spacial score (nSPS) is 11.4. The second kappa shape index (κ2) is 6.18. The van der Waals surface area contributed by atoms with Crippen LogP contribution in [0.1, 0.15) is 34.6 Å². The predicted molar refractivity (Wildman–Crippen MR) is 76.3 cm³/mol. The standard InChI is InChI=1S/C15H12ClN3O/c1-10(12-4-2-11(9-17)3-5-12)19-15(20)14-8-13(16)6-7-18-14/h2-8,10H,1H3,(H,19,20). The van der Waals surface area contributed by atoms with Crippen LogP contribution in [0, 0.1) is 11.3 Å². The van der Waals surface area contributed by atoms with Crippen LogP contribution in [0.5, 0.6) is 0 Å². The molecule has 1 unspecified atom stereocenters. The van der Waals surface area contributed by atoms with E-state index in [0.29, 0.717) is 10.6 Å². The Balaban J connectivity index is 2.09. The molecule has 1 aromatic heterocycles. The first-order chi connectivity index (χ1) is 9.60. The van der Waals surface area contributed by atoms with Crippen LogP contribution in [-0.4, -0.2) is 10.9 Å². The van der Waals surface area contributed by atoms with Crippen molar-refractivity contribution in [1.82, 2.24) is 10.3 Å². The first-order valence-electron chi connectivity index (χ1n) is 6.02. The van der Waals surface area contributed by atoms with E-state index in [4.69, 9.17) is 16.9 Å². The van der Waals surface area contributed by atoms with Crippen molar-refractivity contribution >= 4 is 17.5 Å². The zero-order valence-electron chi connectivity index (χ0n) is 10.8. The van der Waals surface area contributed by atoms with Crippen LogP contribution >= 0.6 is 11.6 Å². The van der Waals surface area contributed by atoms with E-state index in [9.17, 15) is 4.79 Å². The van der Waals surface area contributed by atoms with E-state index in [1.54, 1.807) is 18.2 Å². The third-order valence-electron chi connectivity index (χ3n) is 2.84. The maximum Gasteiger partial charge on any atom is 0.270 e. The van der Waals surface area contributed by atoms with Crippen LogP contribution in [0.25, 0.3) is 0 Å². The van der Waals surface area contributed by atoms with Crippen molar-refractivity contribution in [1.29, 1.82) is 5.26 Å². The second-order valence-electron chi connectivity index (χ2n) is 4.29. The van der Waals surface area contributed by atoms with Crippen LogP contribution in [0.3, 0.4) is 0 Å². The van der Waals surface area contributed by atoms with Crippen molar-refractivity contribution in [3.05, 3.63) is 64.4 Å². The molecule has 0 aliphatic rings. The van der Waals surface area contributed by atoms with Crippen molar-refractivity contribution in [3.63, 3.8) is 0 Å². The quantitative estimate of drug-likeness (QED) is 0.942. The van der Waals surface area contributed by atoms with Crippen LogP contribution in [-0.2, 0) is 0 Å². The van der Waals surface area contributed by atoms with Gasteiger partial charge in [0, 0.05) is 11.2 Å². The van der Waals surface area contributed by atoms with Gasteiger partial charge in [0.2, 0.25) is 0 Å². The van der Waals surface area contributed by atoms with Crippen molar-refractivity contribution in [3.8, 4) is 6.07 Å². The Hall–Kier alpha value is -2.38. The Morgan fingerprint density at radius 1 is 1.35 bits per heavy atom. The number of halogens is 1. The Bertz CT molecular complexity index is 662. The third kappa shape index (κ3) is 3.34. The number of pyridine rings is 1. The highest BCUT2D eigenvalue weighted by Gasteiger charge is 2.12. The average Bonchev–Trinajstić information content (AvgIpc) is 2.47. The molecule has 2 aromatic rings. The molecule has 4 nitrogen and oxygen atoms in total. The number of aromatic nitrogens is 1. The van der Waals surface area contributed by atoms with Gasteiger partial charge in [0.25, 0.3) is 5.91 Å². The monoisotopic (exact) mass is 285 g/mol. The minimum Gasteiger partial charge on any atom is -0.344 e. The van der Waals surface area contributed by atoms with Gasteiger partial charge in [-0.2, -0.15) is 5.26 Å². The van der Waals surface area contributed by atoms with Gasteiger partial charge < -0.3 is 5.32 Å². The summed E-state index contributed by atoms with van der Waals surface area (Å²) < 4.78 is 0. The smallest absolute Gasteiger partial charge is 0.270 e. The summed E-state index contributed by atoms with van der Waals surface area (Å²) >= 11 is 5.83. The molecule has 2 rings (SSSR count). The molecule has 0 bridgehead atoms. The summed E-state index contributed by atoms with van der Waals surface area (Å²) in [6.07, 6.45) is 1.49. The largest absolute Gasteiger partial charge is 0.344 e. The van der Waals surface area contributed by atoms with Gasteiger partial charge in [0.05, 0.1) is 17.7 Å². The lowest BCUT2D eigenvalue weighted by molar-refractivity contribution is 0.0935. The zero-order valence-corrected chi connectivity index (χ0v) is 11.6. The fraction of sp³-hybridized carbons (Fsp3) is 0.133. The van der Waals surface area contributed by atoms with Crippen molar-refractivity contribution in [2.24, 2.45) is 0 Å². The maximum atomic E-state index is 12.0. The molecule has 1 atom stereocenters. The SMILES string of the molecule is CC(NC(=O)c1cc(Cl)ccn1)c1ccc(C#N)cc1. The lowest BCUT2D eigenvalue weighted by atomic mass is 10.1. The highest BCUT2D eigenvalue weighted by molar-refractivity contribution is 6.30. The van der Waals surface area contributed by atoms with Crippen LogP contribution in [0.15, 0.2) is 42.6 Å².